The largest absolute Gasteiger partial charge is 0.465 e. The number of rotatable bonds is 7. The maximum atomic E-state index is 12.2. The molecule has 0 N–H and O–H groups in total. The highest BCUT2D eigenvalue weighted by atomic mass is 16.5. The molecule has 0 aliphatic rings. The number of carbonyl (C=O) groups is 2. The maximum absolute atomic E-state index is 12.2. The molecule has 0 fully saturated rings. The summed E-state index contributed by atoms with van der Waals surface area (Å²) >= 11 is 0. The van der Waals surface area contributed by atoms with Crippen molar-refractivity contribution < 1.29 is 14.3 Å². The van der Waals surface area contributed by atoms with Gasteiger partial charge in [0.2, 0.25) is 5.91 Å². The topological polar surface area (TPSA) is 46.6 Å². The molecule has 0 bridgehead atoms. The number of carbonyl (C=O) groups excluding carboxylic acids is 2. The second kappa shape index (κ2) is 8.95. The van der Waals surface area contributed by atoms with Crippen LogP contribution in [0.25, 0.3) is 6.08 Å². The first kappa shape index (κ1) is 17.0. The van der Waals surface area contributed by atoms with Gasteiger partial charge in [0.25, 0.3) is 0 Å². The summed E-state index contributed by atoms with van der Waals surface area (Å²) < 4.78 is 4.89. The van der Waals surface area contributed by atoms with Gasteiger partial charge in [-0.1, -0.05) is 36.8 Å². The summed E-state index contributed by atoms with van der Waals surface area (Å²) in [5.74, 6) is -0.547. The Bertz CT molecular complexity index is 509. The van der Waals surface area contributed by atoms with Gasteiger partial charge in [-0.3, -0.25) is 9.59 Å². The van der Waals surface area contributed by atoms with Gasteiger partial charge in [0.15, 0.2) is 0 Å². The van der Waals surface area contributed by atoms with Gasteiger partial charge in [-0.25, -0.2) is 0 Å². The van der Waals surface area contributed by atoms with Gasteiger partial charge in [0, 0.05) is 12.6 Å². The highest BCUT2D eigenvalue weighted by Gasteiger charge is 2.14. The van der Waals surface area contributed by atoms with E-state index in [1.807, 2.05) is 38.1 Å². The molecule has 21 heavy (non-hydrogen) atoms. The molecule has 1 rings (SSSR count). The fourth-order valence-electron chi connectivity index (χ4n) is 1.95. The van der Waals surface area contributed by atoms with Gasteiger partial charge in [0.1, 0.15) is 6.54 Å². The van der Waals surface area contributed by atoms with Crippen LogP contribution in [0.4, 0.5) is 0 Å². The third-order valence-electron chi connectivity index (χ3n) is 2.89. The molecule has 1 aromatic rings. The van der Waals surface area contributed by atoms with E-state index in [-0.39, 0.29) is 18.4 Å². The minimum absolute atomic E-state index is 0.00132. The monoisotopic (exact) mass is 289 g/mol. The molecule has 0 saturated carbocycles. The summed E-state index contributed by atoms with van der Waals surface area (Å²) in [6, 6.07) is 7.89. The average molecular weight is 289 g/mol. The van der Waals surface area contributed by atoms with E-state index in [9.17, 15) is 9.59 Å². The number of esters is 1. The summed E-state index contributed by atoms with van der Waals surface area (Å²) in [6.07, 6.45) is 4.07. The van der Waals surface area contributed by atoms with Gasteiger partial charge in [-0.15, -0.1) is 0 Å². The van der Waals surface area contributed by atoms with E-state index < -0.39 is 0 Å². The minimum atomic E-state index is -0.372. The van der Waals surface area contributed by atoms with Crippen LogP contribution in [0.3, 0.4) is 0 Å². The van der Waals surface area contributed by atoms with Gasteiger partial charge < -0.3 is 9.64 Å². The van der Waals surface area contributed by atoms with E-state index in [0.29, 0.717) is 13.2 Å². The second-order valence-electron chi connectivity index (χ2n) is 4.81. The van der Waals surface area contributed by atoms with Crippen molar-refractivity contribution in [1.82, 2.24) is 4.90 Å². The van der Waals surface area contributed by atoms with Gasteiger partial charge in [-0.2, -0.15) is 0 Å². The van der Waals surface area contributed by atoms with Crippen molar-refractivity contribution in [1.29, 1.82) is 0 Å². The standard InChI is InChI=1S/C17H23NO3/c1-4-11-18(13-17(20)21-5-2)16(19)10-9-15-8-6-7-14(3)12-15/h6-10,12H,4-5,11,13H2,1-3H3/b10-9+. The predicted octanol–water partition coefficient (Wildman–Crippen LogP) is 2.81. The number of ether oxygens (including phenoxy) is 1. The lowest BCUT2D eigenvalue weighted by molar-refractivity contribution is -0.147. The summed E-state index contributed by atoms with van der Waals surface area (Å²) in [4.78, 5) is 25.2. The first-order chi connectivity index (χ1) is 10.1. The van der Waals surface area contributed by atoms with Crippen LogP contribution in [0.5, 0.6) is 0 Å². The van der Waals surface area contributed by atoms with Gasteiger partial charge in [-0.05, 0) is 31.9 Å². The Kier molecular flexibility index (Phi) is 7.23. The van der Waals surface area contributed by atoms with Crippen LogP contribution in [0.1, 0.15) is 31.4 Å². The zero-order valence-electron chi connectivity index (χ0n) is 13.0. The molecular weight excluding hydrogens is 266 g/mol. The van der Waals surface area contributed by atoms with E-state index in [1.54, 1.807) is 13.0 Å². The Balaban J connectivity index is 2.70. The Labute approximate surface area is 126 Å². The van der Waals surface area contributed by atoms with Crippen LogP contribution in [0.15, 0.2) is 30.3 Å². The number of hydrogen-bond acceptors (Lipinski definition) is 3. The van der Waals surface area contributed by atoms with Crippen LogP contribution in [0, 0.1) is 6.92 Å². The van der Waals surface area contributed by atoms with Crippen molar-refractivity contribution in [3.8, 4) is 0 Å². The maximum Gasteiger partial charge on any atom is 0.325 e. The molecule has 114 valence electrons. The summed E-state index contributed by atoms with van der Waals surface area (Å²) in [5, 5.41) is 0. The van der Waals surface area contributed by atoms with E-state index in [0.717, 1.165) is 17.5 Å². The Hall–Kier alpha value is -2.10. The molecule has 0 aliphatic heterocycles. The second-order valence-corrected chi connectivity index (χ2v) is 4.81. The van der Waals surface area contributed by atoms with E-state index in [4.69, 9.17) is 4.74 Å². The third-order valence-corrected chi connectivity index (χ3v) is 2.89. The highest BCUT2D eigenvalue weighted by molar-refractivity contribution is 5.93. The molecule has 0 radical (unpaired) electrons. The molecule has 0 aliphatic carbocycles. The predicted molar refractivity (Wildman–Crippen MR) is 83.7 cm³/mol. The van der Waals surface area contributed by atoms with Crippen molar-refractivity contribution in [3.05, 3.63) is 41.5 Å². The number of hydrogen-bond donors (Lipinski definition) is 0. The van der Waals surface area contributed by atoms with E-state index in [1.165, 1.54) is 11.0 Å². The van der Waals surface area contributed by atoms with Crippen LogP contribution in [-0.2, 0) is 14.3 Å². The van der Waals surface area contributed by atoms with Crippen LogP contribution in [-0.4, -0.2) is 36.5 Å². The Morgan fingerprint density at radius 3 is 2.67 bits per heavy atom. The van der Waals surface area contributed by atoms with Crippen molar-refractivity contribution in [3.63, 3.8) is 0 Å². The van der Waals surface area contributed by atoms with Crippen molar-refractivity contribution in [2.24, 2.45) is 0 Å². The Morgan fingerprint density at radius 2 is 2.05 bits per heavy atom. The molecule has 0 spiro atoms. The first-order valence-corrected chi connectivity index (χ1v) is 7.26. The van der Waals surface area contributed by atoms with E-state index >= 15 is 0 Å². The van der Waals surface area contributed by atoms with Crippen LogP contribution >= 0.6 is 0 Å². The normalized spacial score (nSPS) is 10.6. The van der Waals surface area contributed by atoms with E-state index in [2.05, 4.69) is 0 Å². The van der Waals surface area contributed by atoms with Crippen molar-refractivity contribution >= 4 is 18.0 Å². The molecular formula is C17H23NO3. The molecule has 0 atom stereocenters. The molecule has 4 heteroatoms. The molecule has 0 saturated heterocycles. The fraction of sp³-hybridized carbons (Fsp3) is 0.412. The van der Waals surface area contributed by atoms with Gasteiger partial charge in [0.05, 0.1) is 6.61 Å². The lowest BCUT2D eigenvalue weighted by Gasteiger charge is -2.19. The molecule has 1 amide bonds. The third kappa shape index (κ3) is 6.25. The minimum Gasteiger partial charge on any atom is -0.465 e. The average Bonchev–Trinajstić information content (AvgIpc) is 2.44. The van der Waals surface area contributed by atoms with Crippen molar-refractivity contribution in [2.45, 2.75) is 27.2 Å². The lowest BCUT2D eigenvalue weighted by atomic mass is 10.1. The lowest BCUT2D eigenvalue weighted by Crippen LogP contribution is -2.36. The zero-order valence-corrected chi connectivity index (χ0v) is 13.0. The highest BCUT2D eigenvalue weighted by Crippen LogP contribution is 2.06. The number of aryl methyl sites for hydroxylation is 1. The zero-order chi connectivity index (χ0) is 15.7. The Morgan fingerprint density at radius 1 is 1.29 bits per heavy atom. The SMILES string of the molecule is CCCN(CC(=O)OCC)C(=O)/C=C/c1cccc(C)c1. The number of benzene rings is 1. The van der Waals surface area contributed by atoms with Crippen molar-refractivity contribution in [2.75, 3.05) is 19.7 Å². The molecule has 0 unspecified atom stereocenters. The van der Waals surface area contributed by atoms with Crippen LogP contribution in [0.2, 0.25) is 0 Å². The first-order valence-electron chi connectivity index (χ1n) is 7.26. The quantitative estimate of drug-likeness (QED) is 0.573. The summed E-state index contributed by atoms with van der Waals surface area (Å²) in [5.41, 5.74) is 2.11. The summed E-state index contributed by atoms with van der Waals surface area (Å²) in [7, 11) is 0. The fourth-order valence-corrected chi connectivity index (χ4v) is 1.95. The number of amides is 1. The number of nitrogens with zero attached hydrogens (tertiary/aromatic N) is 1. The molecule has 0 heterocycles. The molecule has 0 aromatic heterocycles. The summed E-state index contributed by atoms with van der Waals surface area (Å²) in [6.45, 7) is 6.58. The van der Waals surface area contributed by atoms with Crippen LogP contribution < -0.4 is 0 Å². The molecule has 4 nitrogen and oxygen atoms in total. The molecule has 1 aromatic carbocycles. The van der Waals surface area contributed by atoms with Gasteiger partial charge >= 0.3 is 5.97 Å². The smallest absolute Gasteiger partial charge is 0.325 e.